The Morgan fingerprint density at radius 2 is 2.18 bits per heavy atom. The summed E-state index contributed by atoms with van der Waals surface area (Å²) in [7, 11) is 1.77. The highest BCUT2D eigenvalue weighted by atomic mass is 32.1. The monoisotopic (exact) mass is 320 g/mol. The number of nitrogens with one attached hydrogen (secondary N) is 2. The van der Waals surface area contributed by atoms with Crippen molar-refractivity contribution in [3.63, 3.8) is 0 Å². The number of aromatic nitrogens is 1. The minimum atomic E-state index is 0.376. The van der Waals surface area contributed by atoms with Gasteiger partial charge in [-0.3, -0.25) is 4.99 Å². The zero-order valence-corrected chi connectivity index (χ0v) is 14.4. The fourth-order valence-corrected chi connectivity index (χ4v) is 2.78. The van der Waals surface area contributed by atoms with Crippen molar-refractivity contribution in [3.05, 3.63) is 39.9 Å². The fourth-order valence-electron chi connectivity index (χ4n) is 2.00. The molecule has 5 nitrogen and oxygen atoms in total. The molecule has 22 heavy (non-hydrogen) atoms. The summed E-state index contributed by atoms with van der Waals surface area (Å²) in [4.78, 5) is 5.61. The van der Waals surface area contributed by atoms with Crippen molar-refractivity contribution in [1.29, 1.82) is 0 Å². The molecule has 2 rings (SSSR count). The van der Waals surface area contributed by atoms with E-state index in [0.717, 1.165) is 24.0 Å². The Kier molecular flexibility index (Phi) is 6.00. The summed E-state index contributed by atoms with van der Waals surface area (Å²) >= 11 is 1.78. The van der Waals surface area contributed by atoms with E-state index in [4.69, 9.17) is 4.52 Å². The molecule has 2 heterocycles. The van der Waals surface area contributed by atoms with Crippen molar-refractivity contribution in [2.24, 2.45) is 4.99 Å². The molecule has 0 bridgehead atoms. The maximum absolute atomic E-state index is 5.31. The van der Waals surface area contributed by atoms with E-state index in [2.05, 4.69) is 59.1 Å². The first kappa shape index (κ1) is 16.5. The quantitative estimate of drug-likeness (QED) is 0.633. The Hall–Kier alpha value is -1.82. The van der Waals surface area contributed by atoms with Crippen LogP contribution in [0.1, 0.15) is 48.9 Å². The third kappa shape index (κ3) is 4.59. The van der Waals surface area contributed by atoms with Gasteiger partial charge in [0.05, 0.1) is 12.2 Å². The topological polar surface area (TPSA) is 62.5 Å². The van der Waals surface area contributed by atoms with Crippen molar-refractivity contribution in [2.45, 2.75) is 39.2 Å². The Morgan fingerprint density at radius 1 is 1.36 bits per heavy atom. The molecule has 0 aliphatic heterocycles. The van der Waals surface area contributed by atoms with Gasteiger partial charge in [-0.2, -0.15) is 0 Å². The third-order valence-corrected chi connectivity index (χ3v) is 4.53. The largest absolute Gasteiger partial charge is 0.359 e. The lowest BCUT2D eigenvalue weighted by atomic mass is 10.1. The molecule has 6 heteroatoms. The molecule has 0 saturated heterocycles. The van der Waals surface area contributed by atoms with Gasteiger partial charge in [0.25, 0.3) is 0 Å². The number of hydrogen-bond acceptors (Lipinski definition) is 4. The first-order chi connectivity index (χ1) is 10.6. The lowest BCUT2D eigenvalue weighted by molar-refractivity contribution is 0.372. The molecule has 1 unspecified atom stereocenters. The minimum absolute atomic E-state index is 0.376. The highest BCUT2D eigenvalue weighted by Crippen LogP contribution is 2.19. The van der Waals surface area contributed by atoms with Crippen LogP contribution in [0, 0.1) is 0 Å². The fraction of sp³-hybridized carbons (Fsp3) is 0.500. The predicted octanol–water partition coefficient (Wildman–Crippen LogP) is 3.33. The van der Waals surface area contributed by atoms with E-state index in [0.29, 0.717) is 18.4 Å². The second-order valence-electron chi connectivity index (χ2n) is 5.60. The van der Waals surface area contributed by atoms with E-state index in [9.17, 15) is 0 Å². The van der Waals surface area contributed by atoms with Crippen LogP contribution < -0.4 is 10.6 Å². The molecule has 0 aromatic carbocycles. The molecule has 0 amide bonds. The van der Waals surface area contributed by atoms with Crippen molar-refractivity contribution in [2.75, 3.05) is 13.6 Å². The number of hydrogen-bond donors (Lipinski definition) is 2. The lowest BCUT2D eigenvalue weighted by Gasteiger charge is -2.14. The number of guanidine groups is 1. The van der Waals surface area contributed by atoms with Crippen LogP contribution in [0.15, 0.2) is 33.1 Å². The van der Waals surface area contributed by atoms with Crippen LogP contribution in [0.4, 0.5) is 0 Å². The smallest absolute Gasteiger partial charge is 0.191 e. The highest BCUT2D eigenvalue weighted by molar-refractivity contribution is 7.10. The summed E-state index contributed by atoms with van der Waals surface area (Å²) < 4.78 is 5.31. The zero-order chi connectivity index (χ0) is 15.9. The first-order valence-corrected chi connectivity index (χ1v) is 8.41. The van der Waals surface area contributed by atoms with Crippen molar-refractivity contribution in [1.82, 2.24) is 15.8 Å². The molecule has 0 radical (unpaired) electrons. The van der Waals surface area contributed by atoms with Crippen LogP contribution in [0.5, 0.6) is 0 Å². The SMILES string of the molecule is CN=C(NCc1cc(C(C)C)no1)NCC(C)c1cccs1. The van der Waals surface area contributed by atoms with Crippen LogP contribution in [-0.4, -0.2) is 24.7 Å². The summed E-state index contributed by atoms with van der Waals surface area (Å²) in [5, 5.41) is 12.7. The van der Waals surface area contributed by atoms with Gasteiger partial charge >= 0.3 is 0 Å². The average Bonchev–Trinajstić information content (AvgIpc) is 3.18. The number of thiophene rings is 1. The molecule has 0 saturated carbocycles. The van der Waals surface area contributed by atoms with Crippen molar-refractivity contribution < 1.29 is 4.52 Å². The second-order valence-corrected chi connectivity index (χ2v) is 6.58. The predicted molar refractivity (Wildman–Crippen MR) is 91.5 cm³/mol. The van der Waals surface area contributed by atoms with Crippen LogP contribution >= 0.6 is 11.3 Å². The van der Waals surface area contributed by atoms with E-state index in [1.165, 1.54) is 4.88 Å². The summed E-state index contributed by atoms with van der Waals surface area (Å²) in [6.07, 6.45) is 0. The molecule has 2 aromatic heterocycles. The van der Waals surface area contributed by atoms with E-state index in [-0.39, 0.29) is 0 Å². The Bertz CT molecular complexity index is 589. The van der Waals surface area contributed by atoms with Gasteiger partial charge in [0, 0.05) is 30.5 Å². The average molecular weight is 320 g/mol. The van der Waals surface area contributed by atoms with Gasteiger partial charge in [0.15, 0.2) is 11.7 Å². The van der Waals surface area contributed by atoms with E-state index in [1.54, 1.807) is 18.4 Å². The molecule has 1 atom stereocenters. The van der Waals surface area contributed by atoms with Crippen molar-refractivity contribution >= 4 is 17.3 Å². The molecule has 0 aliphatic carbocycles. The summed E-state index contributed by atoms with van der Waals surface area (Å²) in [5.74, 6) is 2.42. The maximum atomic E-state index is 5.31. The number of rotatable bonds is 6. The van der Waals surface area contributed by atoms with Crippen LogP contribution in [-0.2, 0) is 6.54 Å². The summed E-state index contributed by atoms with van der Waals surface area (Å²) in [6.45, 7) is 7.82. The van der Waals surface area contributed by atoms with Crippen LogP contribution in [0.2, 0.25) is 0 Å². The van der Waals surface area contributed by atoms with Gasteiger partial charge in [-0.05, 0) is 17.4 Å². The molecular formula is C16H24N4OS. The molecule has 2 aromatic rings. The third-order valence-electron chi connectivity index (χ3n) is 3.43. The lowest BCUT2D eigenvalue weighted by Crippen LogP contribution is -2.38. The second kappa shape index (κ2) is 7.98. The van der Waals surface area contributed by atoms with Gasteiger partial charge in [-0.25, -0.2) is 0 Å². The molecule has 0 fully saturated rings. The van der Waals surface area contributed by atoms with Crippen LogP contribution in [0.25, 0.3) is 0 Å². The Morgan fingerprint density at radius 3 is 2.77 bits per heavy atom. The zero-order valence-electron chi connectivity index (χ0n) is 13.6. The molecule has 0 spiro atoms. The summed E-state index contributed by atoms with van der Waals surface area (Å²) in [6, 6.07) is 6.23. The van der Waals surface area contributed by atoms with Gasteiger partial charge < -0.3 is 15.2 Å². The Balaban J connectivity index is 1.79. The molecule has 0 aliphatic rings. The first-order valence-electron chi connectivity index (χ1n) is 7.53. The van der Waals surface area contributed by atoms with Gasteiger partial charge in [-0.1, -0.05) is 32.0 Å². The molecule has 2 N–H and O–H groups in total. The minimum Gasteiger partial charge on any atom is -0.359 e. The van der Waals surface area contributed by atoms with Gasteiger partial charge in [0.2, 0.25) is 0 Å². The number of aliphatic imine (C=N–C) groups is 1. The highest BCUT2D eigenvalue weighted by Gasteiger charge is 2.10. The standard InChI is InChI=1S/C16H24N4OS/c1-11(2)14-8-13(21-20-14)10-19-16(17-4)18-9-12(3)15-6-5-7-22-15/h5-8,11-12H,9-10H2,1-4H3,(H2,17,18,19). The summed E-state index contributed by atoms with van der Waals surface area (Å²) in [5.41, 5.74) is 0.978. The van der Waals surface area contributed by atoms with Gasteiger partial charge in [-0.15, -0.1) is 11.3 Å². The van der Waals surface area contributed by atoms with E-state index < -0.39 is 0 Å². The van der Waals surface area contributed by atoms with Crippen molar-refractivity contribution in [3.8, 4) is 0 Å². The Labute approximate surface area is 135 Å². The normalized spacial score (nSPS) is 13.4. The van der Waals surface area contributed by atoms with Gasteiger partial charge in [0.1, 0.15) is 0 Å². The van der Waals surface area contributed by atoms with E-state index in [1.807, 2.05) is 6.07 Å². The molecular weight excluding hydrogens is 296 g/mol. The van der Waals surface area contributed by atoms with Crippen LogP contribution in [0.3, 0.4) is 0 Å². The molecule has 120 valence electrons. The number of nitrogens with zero attached hydrogens (tertiary/aromatic N) is 2. The maximum Gasteiger partial charge on any atom is 0.191 e. The van der Waals surface area contributed by atoms with E-state index >= 15 is 0 Å².